The minimum atomic E-state index is -0.470. The molecule has 3 heteroatoms. The summed E-state index contributed by atoms with van der Waals surface area (Å²) in [5.74, 6) is 0. The number of aliphatic hydroxyl groups excluding tert-OH is 1. The molecule has 0 fully saturated rings. The van der Waals surface area contributed by atoms with Crippen LogP contribution in [0.15, 0.2) is 54.9 Å². The second kappa shape index (κ2) is 7.17. The highest BCUT2D eigenvalue weighted by Gasteiger charge is 2.23. The molecule has 2 aromatic rings. The molecule has 0 amide bonds. The SMILES string of the molecule is CCC(C(O)c1ccccc1)N(C)Cc1cccnc1. The quantitative estimate of drug-likeness (QED) is 0.876. The zero-order valence-corrected chi connectivity index (χ0v) is 12.1. The van der Waals surface area contributed by atoms with Crippen molar-refractivity contribution in [1.82, 2.24) is 9.88 Å². The largest absolute Gasteiger partial charge is 0.387 e. The summed E-state index contributed by atoms with van der Waals surface area (Å²) in [6.45, 7) is 2.90. The second-order valence-electron chi connectivity index (χ2n) is 5.11. The molecular weight excluding hydrogens is 248 g/mol. The zero-order chi connectivity index (χ0) is 14.4. The fourth-order valence-corrected chi connectivity index (χ4v) is 2.55. The average Bonchev–Trinajstić information content (AvgIpc) is 2.49. The Morgan fingerprint density at radius 3 is 2.50 bits per heavy atom. The summed E-state index contributed by atoms with van der Waals surface area (Å²) in [7, 11) is 2.05. The van der Waals surface area contributed by atoms with E-state index in [0.717, 1.165) is 24.1 Å². The van der Waals surface area contributed by atoms with Crippen LogP contribution in [0.4, 0.5) is 0 Å². The van der Waals surface area contributed by atoms with Crippen LogP contribution < -0.4 is 0 Å². The first-order valence-corrected chi connectivity index (χ1v) is 7.04. The maximum absolute atomic E-state index is 10.6. The van der Waals surface area contributed by atoms with Crippen LogP contribution in [0.25, 0.3) is 0 Å². The number of likely N-dealkylation sites (N-methyl/N-ethyl adjacent to an activating group) is 1. The first-order valence-electron chi connectivity index (χ1n) is 7.04. The van der Waals surface area contributed by atoms with Crippen molar-refractivity contribution in [2.24, 2.45) is 0 Å². The maximum atomic E-state index is 10.6. The highest BCUT2D eigenvalue weighted by Crippen LogP contribution is 2.23. The minimum absolute atomic E-state index is 0.0950. The van der Waals surface area contributed by atoms with E-state index < -0.39 is 6.10 Å². The van der Waals surface area contributed by atoms with Crippen molar-refractivity contribution in [1.29, 1.82) is 0 Å². The number of rotatable bonds is 6. The van der Waals surface area contributed by atoms with E-state index in [-0.39, 0.29) is 6.04 Å². The topological polar surface area (TPSA) is 36.4 Å². The average molecular weight is 270 g/mol. The van der Waals surface area contributed by atoms with E-state index in [1.54, 1.807) is 6.20 Å². The highest BCUT2D eigenvalue weighted by molar-refractivity contribution is 5.19. The van der Waals surface area contributed by atoms with Crippen molar-refractivity contribution in [2.45, 2.75) is 32.0 Å². The van der Waals surface area contributed by atoms with Gasteiger partial charge in [-0.15, -0.1) is 0 Å². The van der Waals surface area contributed by atoms with Crippen LogP contribution in [-0.4, -0.2) is 28.1 Å². The molecule has 1 aromatic heterocycles. The van der Waals surface area contributed by atoms with Crippen LogP contribution >= 0.6 is 0 Å². The van der Waals surface area contributed by atoms with Gasteiger partial charge >= 0.3 is 0 Å². The molecule has 1 aromatic carbocycles. The van der Waals surface area contributed by atoms with E-state index in [1.807, 2.05) is 49.6 Å². The van der Waals surface area contributed by atoms with Crippen LogP contribution in [0.3, 0.4) is 0 Å². The van der Waals surface area contributed by atoms with Gasteiger partial charge in [0.25, 0.3) is 0 Å². The van der Waals surface area contributed by atoms with Gasteiger partial charge in [0.15, 0.2) is 0 Å². The Balaban J connectivity index is 2.07. The lowest BCUT2D eigenvalue weighted by atomic mass is 9.99. The molecule has 0 bridgehead atoms. The number of aromatic nitrogens is 1. The predicted octanol–water partition coefficient (Wildman–Crippen LogP) is 3.03. The molecule has 0 aliphatic carbocycles. The molecule has 0 saturated carbocycles. The third-order valence-corrected chi connectivity index (χ3v) is 3.64. The van der Waals surface area contributed by atoms with Crippen molar-refractivity contribution in [3.8, 4) is 0 Å². The van der Waals surface area contributed by atoms with Crippen LogP contribution in [0.2, 0.25) is 0 Å². The molecule has 0 aliphatic heterocycles. The summed E-state index contributed by atoms with van der Waals surface area (Å²) in [6, 6.07) is 14.0. The fourth-order valence-electron chi connectivity index (χ4n) is 2.55. The Kier molecular flexibility index (Phi) is 5.27. The number of benzene rings is 1. The number of nitrogens with zero attached hydrogens (tertiary/aromatic N) is 2. The highest BCUT2D eigenvalue weighted by atomic mass is 16.3. The number of aliphatic hydroxyl groups is 1. The standard InChI is InChI=1S/C17H22N2O/c1-3-16(17(20)15-9-5-4-6-10-15)19(2)13-14-8-7-11-18-12-14/h4-12,16-17,20H,3,13H2,1-2H3. The fraction of sp³-hybridized carbons (Fsp3) is 0.353. The molecule has 2 atom stereocenters. The number of hydrogen-bond donors (Lipinski definition) is 1. The van der Waals surface area contributed by atoms with E-state index in [2.05, 4.69) is 22.9 Å². The lowest BCUT2D eigenvalue weighted by molar-refractivity contribution is 0.0563. The summed E-state index contributed by atoms with van der Waals surface area (Å²) < 4.78 is 0. The van der Waals surface area contributed by atoms with E-state index in [4.69, 9.17) is 0 Å². The van der Waals surface area contributed by atoms with Crippen molar-refractivity contribution in [3.63, 3.8) is 0 Å². The molecular formula is C17H22N2O. The Bertz CT molecular complexity index is 501. The van der Waals surface area contributed by atoms with Gasteiger partial charge in [0, 0.05) is 25.0 Å². The number of pyridine rings is 1. The van der Waals surface area contributed by atoms with E-state index in [9.17, 15) is 5.11 Å². The normalized spacial score (nSPS) is 14.2. The molecule has 1 heterocycles. The summed E-state index contributed by atoms with van der Waals surface area (Å²) in [5.41, 5.74) is 2.13. The Labute approximate surface area is 120 Å². The molecule has 106 valence electrons. The van der Waals surface area contributed by atoms with Gasteiger partial charge in [-0.1, -0.05) is 43.3 Å². The molecule has 0 aliphatic rings. The van der Waals surface area contributed by atoms with Gasteiger partial charge in [-0.05, 0) is 30.7 Å². The van der Waals surface area contributed by atoms with Gasteiger partial charge in [-0.2, -0.15) is 0 Å². The third kappa shape index (κ3) is 3.65. The molecule has 0 spiro atoms. The van der Waals surface area contributed by atoms with Crippen molar-refractivity contribution < 1.29 is 5.11 Å². The van der Waals surface area contributed by atoms with Gasteiger partial charge < -0.3 is 5.11 Å². The van der Waals surface area contributed by atoms with Gasteiger partial charge in [0.2, 0.25) is 0 Å². The molecule has 2 unspecified atom stereocenters. The predicted molar refractivity (Wildman–Crippen MR) is 81.2 cm³/mol. The Hall–Kier alpha value is -1.71. The summed E-state index contributed by atoms with van der Waals surface area (Å²) in [5, 5.41) is 10.6. The summed E-state index contributed by atoms with van der Waals surface area (Å²) >= 11 is 0. The van der Waals surface area contributed by atoms with Crippen molar-refractivity contribution >= 4 is 0 Å². The van der Waals surface area contributed by atoms with E-state index in [0.29, 0.717) is 0 Å². The van der Waals surface area contributed by atoms with Gasteiger partial charge in [-0.25, -0.2) is 0 Å². The maximum Gasteiger partial charge on any atom is 0.0945 e. The van der Waals surface area contributed by atoms with Crippen molar-refractivity contribution in [3.05, 3.63) is 66.0 Å². The van der Waals surface area contributed by atoms with Gasteiger partial charge in [0.1, 0.15) is 0 Å². The first kappa shape index (κ1) is 14.7. The molecule has 0 saturated heterocycles. The minimum Gasteiger partial charge on any atom is -0.387 e. The first-order chi connectivity index (χ1) is 9.72. The number of hydrogen-bond acceptors (Lipinski definition) is 3. The smallest absolute Gasteiger partial charge is 0.0945 e. The van der Waals surface area contributed by atoms with Gasteiger partial charge in [-0.3, -0.25) is 9.88 Å². The Morgan fingerprint density at radius 1 is 1.15 bits per heavy atom. The van der Waals surface area contributed by atoms with E-state index >= 15 is 0 Å². The summed E-state index contributed by atoms with van der Waals surface area (Å²) in [4.78, 5) is 6.33. The van der Waals surface area contributed by atoms with E-state index in [1.165, 1.54) is 0 Å². The molecule has 20 heavy (non-hydrogen) atoms. The van der Waals surface area contributed by atoms with Crippen LogP contribution in [-0.2, 0) is 6.54 Å². The Morgan fingerprint density at radius 2 is 1.90 bits per heavy atom. The molecule has 0 radical (unpaired) electrons. The zero-order valence-electron chi connectivity index (χ0n) is 12.1. The van der Waals surface area contributed by atoms with Crippen molar-refractivity contribution in [2.75, 3.05) is 7.05 Å². The lowest BCUT2D eigenvalue weighted by Gasteiger charge is -2.31. The second-order valence-corrected chi connectivity index (χ2v) is 5.11. The third-order valence-electron chi connectivity index (χ3n) is 3.64. The molecule has 3 nitrogen and oxygen atoms in total. The lowest BCUT2D eigenvalue weighted by Crippen LogP contribution is -2.36. The van der Waals surface area contributed by atoms with Crippen LogP contribution in [0, 0.1) is 0 Å². The molecule has 1 N–H and O–H groups in total. The molecule has 2 rings (SSSR count). The monoisotopic (exact) mass is 270 g/mol. The van der Waals surface area contributed by atoms with Gasteiger partial charge in [0.05, 0.1) is 6.10 Å². The van der Waals surface area contributed by atoms with Crippen LogP contribution in [0.5, 0.6) is 0 Å². The summed E-state index contributed by atoms with van der Waals surface area (Å²) in [6.07, 6.45) is 4.08. The van der Waals surface area contributed by atoms with Crippen LogP contribution in [0.1, 0.15) is 30.6 Å².